The van der Waals surface area contributed by atoms with E-state index in [1.165, 1.54) is 9.80 Å². The third kappa shape index (κ3) is 11.3. The number of ether oxygens (including phenoxy) is 2. The van der Waals surface area contributed by atoms with Gasteiger partial charge in [0.25, 0.3) is 0 Å². The standard InChI is InChI=1S/C17H30N2O4/c1-14(2)8-12-22-16(20)18(5)10-7-11-19(6)17(21)23-13-9-15(3)4/h8-9H,7,10-13H2,1-6H3. The van der Waals surface area contributed by atoms with Gasteiger partial charge in [0.05, 0.1) is 0 Å². The Bertz CT molecular complexity index is 396. The molecule has 0 rings (SSSR count). The summed E-state index contributed by atoms with van der Waals surface area (Å²) in [5.41, 5.74) is 2.21. The van der Waals surface area contributed by atoms with Gasteiger partial charge < -0.3 is 19.3 Å². The molecule has 0 bridgehead atoms. The lowest BCUT2D eigenvalue weighted by Crippen LogP contribution is -2.33. The van der Waals surface area contributed by atoms with Gasteiger partial charge in [-0.1, -0.05) is 11.1 Å². The van der Waals surface area contributed by atoms with E-state index in [0.29, 0.717) is 19.5 Å². The van der Waals surface area contributed by atoms with Crippen LogP contribution in [-0.4, -0.2) is 62.4 Å². The first-order chi connectivity index (χ1) is 10.7. The second-order valence-corrected chi connectivity index (χ2v) is 5.91. The van der Waals surface area contributed by atoms with Crippen LogP contribution in [0.4, 0.5) is 9.59 Å². The van der Waals surface area contributed by atoms with Crippen molar-refractivity contribution >= 4 is 12.2 Å². The smallest absolute Gasteiger partial charge is 0.409 e. The number of carbonyl (C=O) groups is 2. The van der Waals surface area contributed by atoms with Gasteiger partial charge in [0.2, 0.25) is 0 Å². The Labute approximate surface area is 139 Å². The number of carbonyl (C=O) groups excluding carboxylic acids is 2. The summed E-state index contributed by atoms with van der Waals surface area (Å²) in [6.07, 6.45) is 3.62. The minimum Gasteiger partial charge on any atom is -0.445 e. The summed E-state index contributed by atoms with van der Waals surface area (Å²) in [6, 6.07) is 0. The minimum absolute atomic E-state index is 0.280. The molecule has 2 amide bonds. The molecule has 23 heavy (non-hydrogen) atoms. The Morgan fingerprint density at radius 3 is 1.43 bits per heavy atom. The Morgan fingerprint density at radius 1 is 0.783 bits per heavy atom. The Hall–Kier alpha value is -1.98. The molecule has 0 saturated carbocycles. The molecule has 0 fully saturated rings. The maximum atomic E-state index is 11.7. The molecule has 132 valence electrons. The van der Waals surface area contributed by atoms with E-state index >= 15 is 0 Å². The summed E-state index contributed by atoms with van der Waals surface area (Å²) < 4.78 is 10.2. The first kappa shape index (κ1) is 21.0. The quantitative estimate of drug-likeness (QED) is 0.641. The molecule has 0 aromatic heterocycles. The highest BCUT2D eigenvalue weighted by Crippen LogP contribution is 1.99. The summed E-state index contributed by atoms with van der Waals surface area (Å²) >= 11 is 0. The van der Waals surface area contributed by atoms with E-state index in [1.807, 2.05) is 39.8 Å². The zero-order valence-electron chi connectivity index (χ0n) is 15.2. The summed E-state index contributed by atoms with van der Waals surface area (Å²) in [5, 5.41) is 0. The molecule has 0 unspecified atom stereocenters. The molecule has 6 nitrogen and oxygen atoms in total. The van der Waals surface area contributed by atoms with Crippen molar-refractivity contribution in [2.24, 2.45) is 0 Å². The molecule has 0 saturated heterocycles. The van der Waals surface area contributed by atoms with Crippen LogP contribution >= 0.6 is 0 Å². The molecule has 6 heteroatoms. The van der Waals surface area contributed by atoms with E-state index in [9.17, 15) is 9.59 Å². The van der Waals surface area contributed by atoms with Crippen LogP contribution in [0.15, 0.2) is 23.3 Å². The largest absolute Gasteiger partial charge is 0.445 e. The van der Waals surface area contributed by atoms with E-state index in [2.05, 4.69) is 0 Å². The van der Waals surface area contributed by atoms with Crippen molar-refractivity contribution in [1.29, 1.82) is 0 Å². The van der Waals surface area contributed by atoms with Gasteiger partial charge in [-0.05, 0) is 46.3 Å². The van der Waals surface area contributed by atoms with Crippen molar-refractivity contribution in [3.63, 3.8) is 0 Å². The van der Waals surface area contributed by atoms with Crippen molar-refractivity contribution in [1.82, 2.24) is 9.80 Å². The number of rotatable bonds is 8. The predicted octanol–water partition coefficient (Wildman–Crippen LogP) is 3.45. The Kier molecular flexibility index (Phi) is 10.6. The first-order valence-corrected chi connectivity index (χ1v) is 7.76. The minimum atomic E-state index is -0.365. The Morgan fingerprint density at radius 2 is 1.13 bits per heavy atom. The molecule has 0 spiro atoms. The van der Waals surface area contributed by atoms with Crippen molar-refractivity contribution < 1.29 is 19.1 Å². The molecule has 0 aliphatic heterocycles. The summed E-state index contributed by atoms with van der Waals surface area (Å²) in [7, 11) is 3.36. The molecule has 0 aliphatic carbocycles. The van der Waals surface area contributed by atoms with E-state index in [1.54, 1.807) is 14.1 Å². The fourth-order valence-electron chi connectivity index (χ4n) is 1.51. The van der Waals surface area contributed by atoms with Crippen LogP contribution in [0, 0.1) is 0 Å². The van der Waals surface area contributed by atoms with E-state index < -0.39 is 0 Å². The SMILES string of the molecule is CC(C)=CCOC(=O)N(C)CCCN(C)C(=O)OCC=C(C)C. The third-order valence-corrected chi connectivity index (χ3v) is 3.01. The maximum absolute atomic E-state index is 11.7. The number of allylic oxidation sites excluding steroid dienone is 2. The normalized spacial score (nSPS) is 9.65. The van der Waals surface area contributed by atoms with Gasteiger partial charge in [-0.3, -0.25) is 0 Å². The molecule has 0 heterocycles. The molecular formula is C17H30N2O4. The topological polar surface area (TPSA) is 59.1 Å². The van der Waals surface area contributed by atoms with Gasteiger partial charge in [-0.2, -0.15) is 0 Å². The molecular weight excluding hydrogens is 296 g/mol. The summed E-state index contributed by atoms with van der Waals surface area (Å²) in [4.78, 5) is 26.4. The number of hydrogen-bond acceptors (Lipinski definition) is 4. The summed E-state index contributed by atoms with van der Waals surface area (Å²) in [6.45, 7) is 9.38. The molecule has 0 N–H and O–H groups in total. The lowest BCUT2D eigenvalue weighted by molar-refractivity contribution is 0.113. The van der Waals surface area contributed by atoms with Crippen LogP contribution in [0.1, 0.15) is 34.1 Å². The highest BCUT2D eigenvalue weighted by atomic mass is 16.6. The van der Waals surface area contributed by atoms with Crippen LogP contribution in [-0.2, 0) is 9.47 Å². The zero-order valence-corrected chi connectivity index (χ0v) is 15.2. The second-order valence-electron chi connectivity index (χ2n) is 5.91. The van der Waals surface area contributed by atoms with Gasteiger partial charge in [0.15, 0.2) is 0 Å². The van der Waals surface area contributed by atoms with Gasteiger partial charge in [0, 0.05) is 27.2 Å². The fraction of sp³-hybridized carbons (Fsp3) is 0.647. The van der Waals surface area contributed by atoms with Crippen LogP contribution in [0.2, 0.25) is 0 Å². The number of hydrogen-bond donors (Lipinski definition) is 0. The van der Waals surface area contributed by atoms with Gasteiger partial charge in [0.1, 0.15) is 13.2 Å². The zero-order chi connectivity index (χ0) is 17.8. The average molecular weight is 326 g/mol. The second kappa shape index (κ2) is 11.6. The van der Waals surface area contributed by atoms with Crippen molar-refractivity contribution in [3.05, 3.63) is 23.3 Å². The molecule has 0 aliphatic rings. The van der Waals surface area contributed by atoms with Gasteiger partial charge in [-0.25, -0.2) is 9.59 Å². The Balaban J connectivity index is 3.94. The van der Waals surface area contributed by atoms with Crippen molar-refractivity contribution in [2.45, 2.75) is 34.1 Å². The maximum Gasteiger partial charge on any atom is 0.409 e. The number of nitrogens with zero attached hydrogens (tertiary/aromatic N) is 2. The highest BCUT2D eigenvalue weighted by molar-refractivity contribution is 5.68. The molecule has 0 aromatic rings. The molecule has 0 aromatic carbocycles. The van der Waals surface area contributed by atoms with Crippen molar-refractivity contribution in [2.75, 3.05) is 40.4 Å². The monoisotopic (exact) mass is 326 g/mol. The van der Waals surface area contributed by atoms with Gasteiger partial charge in [-0.15, -0.1) is 0 Å². The van der Waals surface area contributed by atoms with Crippen LogP contribution in [0.5, 0.6) is 0 Å². The fourth-order valence-corrected chi connectivity index (χ4v) is 1.51. The van der Waals surface area contributed by atoms with Crippen molar-refractivity contribution in [3.8, 4) is 0 Å². The van der Waals surface area contributed by atoms with Gasteiger partial charge >= 0.3 is 12.2 Å². The first-order valence-electron chi connectivity index (χ1n) is 7.76. The number of amides is 2. The van der Waals surface area contributed by atoms with Crippen LogP contribution < -0.4 is 0 Å². The third-order valence-electron chi connectivity index (χ3n) is 3.01. The van der Waals surface area contributed by atoms with E-state index in [4.69, 9.17) is 9.47 Å². The predicted molar refractivity (Wildman–Crippen MR) is 91.4 cm³/mol. The van der Waals surface area contributed by atoms with E-state index in [-0.39, 0.29) is 25.4 Å². The summed E-state index contributed by atoms with van der Waals surface area (Å²) in [5.74, 6) is 0. The van der Waals surface area contributed by atoms with E-state index in [0.717, 1.165) is 11.1 Å². The van der Waals surface area contributed by atoms with Crippen LogP contribution in [0.3, 0.4) is 0 Å². The lowest BCUT2D eigenvalue weighted by atomic mass is 10.3. The molecule has 0 radical (unpaired) electrons. The van der Waals surface area contributed by atoms with Crippen LogP contribution in [0.25, 0.3) is 0 Å². The highest BCUT2D eigenvalue weighted by Gasteiger charge is 2.12. The lowest BCUT2D eigenvalue weighted by Gasteiger charge is -2.20. The molecule has 0 atom stereocenters. The average Bonchev–Trinajstić information content (AvgIpc) is 2.45.